The maximum absolute atomic E-state index is 11.9. The van der Waals surface area contributed by atoms with Crippen molar-refractivity contribution in [2.24, 2.45) is 0 Å². The van der Waals surface area contributed by atoms with Gasteiger partial charge < -0.3 is 15.5 Å². The molecule has 3 N–H and O–H groups in total. The molecule has 0 aromatic heterocycles. The second-order valence-electron chi connectivity index (χ2n) is 3.88. The average molecular weight is 317 g/mol. The molecule has 0 aliphatic rings. The molecule has 0 fully saturated rings. The summed E-state index contributed by atoms with van der Waals surface area (Å²) in [5.41, 5.74) is -1.03. The van der Waals surface area contributed by atoms with E-state index in [1.54, 1.807) is 0 Å². The first-order chi connectivity index (χ1) is 9.72. The van der Waals surface area contributed by atoms with Crippen LogP contribution in [0.1, 0.15) is 16.8 Å². The lowest BCUT2D eigenvalue weighted by molar-refractivity contribution is -0.385. The van der Waals surface area contributed by atoms with Crippen molar-refractivity contribution in [3.8, 4) is 0 Å². The van der Waals surface area contributed by atoms with Gasteiger partial charge in [-0.25, -0.2) is 4.79 Å². The normalized spacial score (nSPS) is 11.5. The van der Waals surface area contributed by atoms with Crippen molar-refractivity contribution in [2.45, 2.75) is 12.5 Å². The smallest absolute Gasteiger partial charge is 0.326 e. The topological polar surface area (TPSA) is 147 Å². The Morgan fingerprint density at radius 2 is 1.95 bits per heavy atom. The van der Waals surface area contributed by atoms with E-state index in [2.05, 4.69) is 0 Å². The molecular weight excluding hydrogens is 308 g/mol. The Balaban J connectivity index is 3.05. The predicted molar refractivity (Wildman–Crippen MR) is 69.2 cm³/mol. The molecule has 0 spiro atoms. The molecule has 0 aliphatic carbocycles. The fourth-order valence-corrected chi connectivity index (χ4v) is 1.62. The number of halogens is 1. The number of aliphatic carboxylic acids is 2. The lowest BCUT2D eigenvalue weighted by atomic mass is 10.1. The van der Waals surface area contributed by atoms with Crippen LogP contribution in [0.25, 0.3) is 0 Å². The van der Waals surface area contributed by atoms with Crippen molar-refractivity contribution in [1.29, 1.82) is 0 Å². The summed E-state index contributed by atoms with van der Waals surface area (Å²) in [4.78, 5) is 43.2. The van der Waals surface area contributed by atoms with E-state index < -0.39 is 46.5 Å². The molecule has 0 bridgehead atoms. The summed E-state index contributed by atoms with van der Waals surface area (Å²) in [5, 5.41) is 30.1. The molecule has 1 unspecified atom stereocenters. The van der Waals surface area contributed by atoms with Gasteiger partial charge in [0, 0.05) is 11.1 Å². The molecule has 1 atom stereocenters. The Bertz CT molecular complexity index is 617. The minimum absolute atomic E-state index is 0.0265. The quantitative estimate of drug-likeness (QED) is 0.521. The number of benzene rings is 1. The Morgan fingerprint density at radius 3 is 2.43 bits per heavy atom. The Morgan fingerprint density at radius 1 is 1.33 bits per heavy atom. The van der Waals surface area contributed by atoms with Crippen LogP contribution in [0.5, 0.6) is 0 Å². The van der Waals surface area contributed by atoms with E-state index in [0.29, 0.717) is 0 Å². The van der Waals surface area contributed by atoms with Crippen LogP contribution < -0.4 is 5.32 Å². The predicted octanol–water partition coefficient (Wildman–Crippen LogP) is 0.906. The second-order valence-corrected chi connectivity index (χ2v) is 4.32. The minimum atomic E-state index is -1.70. The summed E-state index contributed by atoms with van der Waals surface area (Å²) in [5.74, 6) is -4.08. The third kappa shape index (κ3) is 4.42. The number of nitro benzene ring substituents is 1. The van der Waals surface area contributed by atoms with Gasteiger partial charge >= 0.3 is 11.9 Å². The Hall–Kier alpha value is -2.68. The number of nitro groups is 1. The van der Waals surface area contributed by atoms with Gasteiger partial charge in [0.2, 0.25) is 0 Å². The standard InChI is InChI=1S/C11H9ClN2O7/c12-5-1-2-6(8(3-5)14(20)21)10(17)13-7(11(18)19)4-9(15)16/h1-3,7H,4H2,(H,13,17)(H,15,16)(H,18,19). The molecule has 0 heterocycles. The van der Waals surface area contributed by atoms with Crippen LogP contribution in [0.4, 0.5) is 5.69 Å². The first-order valence-corrected chi connectivity index (χ1v) is 5.79. The Labute approximate surface area is 122 Å². The number of carbonyl (C=O) groups excluding carboxylic acids is 1. The van der Waals surface area contributed by atoms with Crippen LogP contribution >= 0.6 is 11.6 Å². The van der Waals surface area contributed by atoms with Crippen LogP contribution in [0, 0.1) is 10.1 Å². The van der Waals surface area contributed by atoms with E-state index in [1.807, 2.05) is 5.32 Å². The van der Waals surface area contributed by atoms with Gasteiger partial charge in [-0.1, -0.05) is 11.6 Å². The number of amides is 1. The largest absolute Gasteiger partial charge is 0.481 e. The summed E-state index contributed by atoms with van der Waals surface area (Å²) in [6, 6.07) is 1.50. The highest BCUT2D eigenvalue weighted by atomic mass is 35.5. The van der Waals surface area contributed by atoms with Crippen molar-refractivity contribution >= 4 is 35.1 Å². The van der Waals surface area contributed by atoms with Crippen LogP contribution in [-0.2, 0) is 9.59 Å². The molecule has 0 aliphatic heterocycles. The lowest BCUT2D eigenvalue weighted by Gasteiger charge is -2.12. The van der Waals surface area contributed by atoms with E-state index in [4.69, 9.17) is 21.8 Å². The highest BCUT2D eigenvalue weighted by molar-refractivity contribution is 6.31. The van der Waals surface area contributed by atoms with E-state index in [-0.39, 0.29) is 5.02 Å². The zero-order chi connectivity index (χ0) is 16.2. The second kappa shape index (κ2) is 6.66. The van der Waals surface area contributed by atoms with E-state index >= 15 is 0 Å². The van der Waals surface area contributed by atoms with Crippen molar-refractivity contribution in [1.82, 2.24) is 5.32 Å². The Kier molecular flexibility index (Phi) is 5.19. The SMILES string of the molecule is O=C(O)CC(NC(=O)c1ccc(Cl)cc1[N+](=O)[O-])C(=O)O. The highest BCUT2D eigenvalue weighted by Gasteiger charge is 2.27. The van der Waals surface area contributed by atoms with Crippen molar-refractivity contribution in [3.05, 3.63) is 38.9 Å². The summed E-state index contributed by atoms with van der Waals surface area (Å²) in [7, 11) is 0. The van der Waals surface area contributed by atoms with E-state index in [0.717, 1.165) is 12.1 Å². The van der Waals surface area contributed by atoms with E-state index in [9.17, 15) is 24.5 Å². The van der Waals surface area contributed by atoms with Gasteiger partial charge in [-0.15, -0.1) is 0 Å². The van der Waals surface area contributed by atoms with Gasteiger partial charge in [-0.05, 0) is 12.1 Å². The molecule has 1 rings (SSSR count). The fourth-order valence-electron chi connectivity index (χ4n) is 1.46. The zero-order valence-corrected chi connectivity index (χ0v) is 11.0. The number of carbonyl (C=O) groups is 3. The number of nitrogens with zero attached hydrogens (tertiary/aromatic N) is 1. The third-order valence-electron chi connectivity index (χ3n) is 2.38. The molecular formula is C11H9ClN2O7. The number of carboxylic acids is 2. The molecule has 21 heavy (non-hydrogen) atoms. The third-order valence-corrected chi connectivity index (χ3v) is 2.62. The molecule has 1 aromatic carbocycles. The maximum Gasteiger partial charge on any atom is 0.326 e. The summed E-state index contributed by atoms with van der Waals surface area (Å²) >= 11 is 5.58. The van der Waals surface area contributed by atoms with Crippen LogP contribution in [0.15, 0.2) is 18.2 Å². The number of carboxylic acid groups (broad SMARTS) is 2. The fraction of sp³-hybridized carbons (Fsp3) is 0.182. The monoisotopic (exact) mass is 316 g/mol. The van der Waals surface area contributed by atoms with Gasteiger partial charge in [0.05, 0.1) is 11.3 Å². The summed E-state index contributed by atoms with van der Waals surface area (Å²) < 4.78 is 0. The van der Waals surface area contributed by atoms with Gasteiger partial charge in [-0.3, -0.25) is 19.7 Å². The number of hydrogen-bond acceptors (Lipinski definition) is 5. The number of nitrogens with one attached hydrogen (secondary N) is 1. The van der Waals surface area contributed by atoms with Crippen molar-refractivity contribution < 1.29 is 29.5 Å². The van der Waals surface area contributed by atoms with Crippen molar-refractivity contribution in [2.75, 3.05) is 0 Å². The van der Waals surface area contributed by atoms with E-state index in [1.165, 1.54) is 6.07 Å². The van der Waals surface area contributed by atoms with Crippen LogP contribution in [0.2, 0.25) is 5.02 Å². The zero-order valence-electron chi connectivity index (χ0n) is 10.3. The van der Waals surface area contributed by atoms with Gasteiger partial charge in [0.25, 0.3) is 11.6 Å². The van der Waals surface area contributed by atoms with Gasteiger partial charge in [-0.2, -0.15) is 0 Å². The average Bonchev–Trinajstić information content (AvgIpc) is 2.36. The molecule has 112 valence electrons. The first kappa shape index (κ1) is 16.4. The van der Waals surface area contributed by atoms with Crippen LogP contribution in [-0.4, -0.2) is 39.0 Å². The summed E-state index contributed by atoms with van der Waals surface area (Å²) in [6.45, 7) is 0. The maximum atomic E-state index is 11.9. The highest BCUT2D eigenvalue weighted by Crippen LogP contribution is 2.23. The molecule has 0 radical (unpaired) electrons. The first-order valence-electron chi connectivity index (χ1n) is 5.41. The number of rotatable bonds is 6. The molecule has 9 nitrogen and oxygen atoms in total. The summed E-state index contributed by atoms with van der Waals surface area (Å²) in [6.07, 6.45) is -0.859. The lowest BCUT2D eigenvalue weighted by Crippen LogP contribution is -2.42. The molecule has 0 saturated carbocycles. The van der Waals surface area contributed by atoms with Gasteiger partial charge in [0.1, 0.15) is 11.6 Å². The van der Waals surface area contributed by atoms with Crippen LogP contribution in [0.3, 0.4) is 0 Å². The molecule has 0 saturated heterocycles. The minimum Gasteiger partial charge on any atom is -0.481 e. The molecule has 1 amide bonds. The number of hydrogen-bond donors (Lipinski definition) is 3. The molecule has 1 aromatic rings. The molecule has 10 heteroatoms. The van der Waals surface area contributed by atoms with Gasteiger partial charge in [0.15, 0.2) is 0 Å². The van der Waals surface area contributed by atoms with Crippen molar-refractivity contribution in [3.63, 3.8) is 0 Å².